The molecule has 0 spiro atoms. The lowest BCUT2D eigenvalue weighted by molar-refractivity contribution is 0.0812. The first-order valence-corrected chi connectivity index (χ1v) is 7.47. The Labute approximate surface area is 151 Å². The molecule has 2 unspecified atom stereocenters. The second-order valence-corrected chi connectivity index (χ2v) is 5.32. The SMILES string of the molecule is CCC(N)N(Cc1ccccc1)CC(O)c1ccccc1.Cl.Cl. The highest BCUT2D eigenvalue weighted by molar-refractivity contribution is 5.85. The molecule has 0 saturated carbocycles. The van der Waals surface area contributed by atoms with E-state index >= 15 is 0 Å². The van der Waals surface area contributed by atoms with E-state index in [1.807, 2.05) is 48.5 Å². The number of hydrogen-bond acceptors (Lipinski definition) is 3. The maximum absolute atomic E-state index is 10.4. The molecular formula is C18H26Cl2N2O. The second-order valence-electron chi connectivity index (χ2n) is 5.32. The van der Waals surface area contributed by atoms with Gasteiger partial charge in [0.05, 0.1) is 12.3 Å². The molecule has 3 N–H and O–H groups in total. The molecule has 2 atom stereocenters. The highest BCUT2D eigenvalue weighted by Gasteiger charge is 2.18. The van der Waals surface area contributed by atoms with Crippen molar-refractivity contribution in [1.82, 2.24) is 4.90 Å². The van der Waals surface area contributed by atoms with Gasteiger partial charge in [0.15, 0.2) is 0 Å². The molecule has 0 amide bonds. The summed E-state index contributed by atoms with van der Waals surface area (Å²) in [5, 5.41) is 10.4. The van der Waals surface area contributed by atoms with E-state index in [1.54, 1.807) is 0 Å². The van der Waals surface area contributed by atoms with Gasteiger partial charge < -0.3 is 10.8 Å². The Morgan fingerprint density at radius 2 is 1.48 bits per heavy atom. The zero-order valence-corrected chi connectivity index (χ0v) is 15.0. The Kier molecular flexibility index (Phi) is 10.9. The van der Waals surface area contributed by atoms with Gasteiger partial charge in [-0.2, -0.15) is 0 Å². The van der Waals surface area contributed by atoms with E-state index in [0.717, 1.165) is 18.5 Å². The Morgan fingerprint density at radius 3 is 2.00 bits per heavy atom. The molecule has 2 rings (SSSR count). The van der Waals surface area contributed by atoms with E-state index in [1.165, 1.54) is 5.56 Å². The Balaban J connectivity index is 0.00000242. The van der Waals surface area contributed by atoms with Crippen LogP contribution >= 0.6 is 24.8 Å². The fourth-order valence-corrected chi connectivity index (χ4v) is 2.40. The van der Waals surface area contributed by atoms with Gasteiger partial charge in [0.1, 0.15) is 0 Å². The minimum Gasteiger partial charge on any atom is -0.387 e. The number of aliphatic hydroxyl groups excluding tert-OH is 1. The molecule has 0 heterocycles. The van der Waals surface area contributed by atoms with Crippen molar-refractivity contribution in [3.05, 3.63) is 71.8 Å². The molecule has 5 heteroatoms. The van der Waals surface area contributed by atoms with Crippen molar-refractivity contribution in [3.8, 4) is 0 Å². The standard InChI is InChI=1S/C18H24N2O.2ClH/c1-2-18(19)20(13-15-9-5-3-6-10-15)14-17(21)16-11-7-4-8-12-16;;/h3-12,17-18,21H,2,13-14,19H2,1H3;2*1H. The average Bonchev–Trinajstić information content (AvgIpc) is 2.55. The topological polar surface area (TPSA) is 49.5 Å². The molecule has 2 aromatic rings. The van der Waals surface area contributed by atoms with Gasteiger partial charge in [-0.15, -0.1) is 24.8 Å². The van der Waals surface area contributed by atoms with Gasteiger partial charge in [-0.1, -0.05) is 67.6 Å². The van der Waals surface area contributed by atoms with Crippen LogP contribution in [0.3, 0.4) is 0 Å². The second kappa shape index (κ2) is 11.4. The zero-order valence-electron chi connectivity index (χ0n) is 13.3. The molecule has 3 nitrogen and oxygen atoms in total. The summed E-state index contributed by atoms with van der Waals surface area (Å²) < 4.78 is 0. The van der Waals surface area contributed by atoms with Crippen molar-refractivity contribution < 1.29 is 5.11 Å². The molecule has 23 heavy (non-hydrogen) atoms. The summed E-state index contributed by atoms with van der Waals surface area (Å²) in [5.74, 6) is 0. The minimum atomic E-state index is -0.521. The molecule has 2 aromatic carbocycles. The third-order valence-corrected chi connectivity index (χ3v) is 3.71. The number of rotatable bonds is 7. The van der Waals surface area contributed by atoms with E-state index in [0.29, 0.717) is 6.54 Å². The molecule has 0 aliphatic heterocycles. The van der Waals surface area contributed by atoms with Crippen LogP contribution in [0, 0.1) is 0 Å². The maximum Gasteiger partial charge on any atom is 0.0917 e. The van der Waals surface area contributed by atoms with Gasteiger partial charge >= 0.3 is 0 Å². The lowest BCUT2D eigenvalue weighted by atomic mass is 10.1. The van der Waals surface area contributed by atoms with Crippen LogP contribution in [0.15, 0.2) is 60.7 Å². The summed E-state index contributed by atoms with van der Waals surface area (Å²) in [6.45, 7) is 3.35. The van der Waals surface area contributed by atoms with Crippen LogP contribution in [0.1, 0.15) is 30.6 Å². The molecular weight excluding hydrogens is 331 g/mol. The lowest BCUT2D eigenvalue weighted by Gasteiger charge is -2.30. The molecule has 0 saturated heterocycles. The number of hydrogen-bond donors (Lipinski definition) is 2. The summed E-state index contributed by atoms with van der Waals surface area (Å²) in [7, 11) is 0. The summed E-state index contributed by atoms with van der Waals surface area (Å²) in [6, 6.07) is 20.0. The predicted molar refractivity (Wildman–Crippen MR) is 101 cm³/mol. The van der Waals surface area contributed by atoms with Crippen LogP contribution in [0.4, 0.5) is 0 Å². The van der Waals surface area contributed by atoms with Crippen LogP contribution in [-0.2, 0) is 6.54 Å². The first kappa shape index (κ1) is 21.9. The average molecular weight is 357 g/mol. The fourth-order valence-electron chi connectivity index (χ4n) is 2.40. The van der Waals surface area contributed by atoms with E-state index in [4.69, 9.17) is 5.73 Å². The third kappa shape index (κ3) is 6.90. The van der Waals surface area contributed by atoms with E-state index < -0.39 is 6.10 Å². The number of aliphatic hydroxyl groups is 1. The minimum absolute atomic E-state index is 0. The summed E-state index contributed by atoms with van der Waals surface area (Å²) in [5.41, 5.74) is 8.35. The lowest BCUT2D eigenvalue weighted by Crippen LogP contribution is -2.43. The fraction of sp³-hybridized carbons (Fsp3) is 0.333. The zero-order chi connectivity index (χ0) is 15.1. The summed E-state index contributed by atoms with van der Waals surface area (Å²) >= 11 is 0. The van der Waals surface area contributed by atoms with Crippen molar-refractivity contribution in [2.45, 2.75) is 32.2 Å². The van der Waals surface area contributed by atoms with Crippen molar-refractivity contribution >= 4 is 24.8 Å². The predicted octanol–water partition coefficient (Wildman–Crippen LogP) is 3.76. The smallest absolute Gasteiger partial charge is 0.0917 e. The third-order valence-electron chi connectivity index (χ3n) is 3.71. The Bertz CT molecular complexity index is 525. The van der Waals surface area contributed by atoms with Gasteiger partial charge in [0, 0.05) is 13.1 Å². The largest absolute Gasteiger partial charge is 0.387 e. The molecule has 0 fully saturated rings. The molecule has 0 radical (unpaired) electrons. The summed E-state index contributed by atoms with van der Waals surface area (Å²) in [6.07, 6.45) is 0.282. The highest BCUT2D eigenvalue weighted by atomic mass is 35.5. The van der Waals surface area contributed by atoms with Crippen LogP contribution < -0.4 is 5.73 Å². The Hall–Kier alpha value is -1.10. The number of nitrogens with two attached hydrogens (primary N) is 1. The molecule has 0 aromatic heterocycles. The number of nitrogens with zero attached hydrogens (tertiary/aromatic N) is 1. The van der Waals surface area contributed by atoms with E-state index in [9.17, 15) is 5.11 Å². The van der Waals surface area contributed by atoms with E-state index in [-0.39, 0.29) is 31.0 Å². The first-order chi connectivity index (χ1) is 10.2. The molecule has 128 valence electrons. The van der Waals surface area contributed by atoms with Crippen LogP contribution in [0.5, 0.6) is 0 Å². The van der Waals surface area contributed by atoms with Crippen LogP contribution in [0.2, 0.25) is 0 Å². The van der Waals surface area contributed by atoms with Crippen LogP contribution in [-0.4, -0.2) is 22.7 Å². The van der Waals surface area contributed by atoms with Gasteiger partial charge in [-0.05, 0) is 17.5 Å². The number of halogens is 2. The Morgan fingerprint density at radius 1 is 0.957 bits per heavy atom. The first-order valence-electron chi connectivity index (χ1n) is 7.47. The van der Waals surface area contributed by atoms with Crippen molar-refractivity contribution in [3.63, 3.8) is 0 Å². The maximum atomic E-state index is 10.4. The van der Waals surface area contributed by atoms with Gasteiger partial charge in [0.25, 0.3) is 0 Å². The van der Waals surface area contributed by atoms with Gasteiger partial charge in [0.2, 0.25) is 0 Å². The van der Waals surface area contributed by atoms with Crippen LogP contribution in [0.25, 0.3) is 0 Å². The molecule has 0 aliphatic rings. The van der Waals surface area contributed by atoms with E-state index in [2.05, 4.69) is 24.0 Å². The quantitative estimate of drug-likeness (QED) is 0.742. The highest BCUT2D eigenvalue weighted by Crippen LogP contribution is 2.17. The molecule has 0 bridgehead atoms. The van der Waals surface area contributed by atoms with Crippen molar-refractivity contribution in [2.24, 2.45) is 5.73 Å². The normalized spacial score (nSPS) is 12.9. The monoisotopic (exact) mass is 356 g/mol. The van der Waals surface area contributed by atoms with Crippen molar-refractivity contribution in [1.29, 1.82) is 0 Å². The van der Waals surface area contributed by atoms with Gasteiger partial charge in [-0.3, -0.25) is 4.90 Å². The van der Waals surface area contributed by atoms with Crippen molar-refractivity contribution in [2.75, 3.05) is 6.54 Å². The summed E-state index contributed by atoms with van der Waals surface area (Å²) in [4.78, 5) is 2.13. The number of benzene rings is 2. The van der Waals surface area contributed by atoms with Gasteiger partial charge in [-0.25, -0.2) is 0 Å². The molecule has 0 aliphatic carbocycles.